The number of hydrogen-bond donors (Lipinski definition) is 1. The summed E-state index contributed by atoms with van der Waals surface area (Å²) in [6.45, 7) is 4.10. The number of hydrogen-bond acceptors (Lipinski definition) is 3. The van der Waals surface area contributed by atoms with Gasteiger partial charge in [0.25, 0.3) is 5.56 Å². The van der Waals surface area contributed by atoms with Crippen LogP contribution in [0.1, 0.15) is 18.2 Å². The van der Waals surface area contributed by atoms with Gasteiger partial charge < -0.3 is 9.84 Å². The molecule has 1 aromatic rings. The van der Waals surface area contributed by atoms with Crippen molar-refractivity contribution in [2.24, 2.45) is 0 Å². The van der Waals surface area contributed by atoms with E-state index in [4.69, 9.17) is 4.52 Å². The number of aryl methyl sites for hydroxylation is 1. The zero-order valence-corrected chi connectivity index (χ0v) is 7.09. The van der Waals surface area contributed by atoms with Crippen molar-refractivity contribution in [3.05, 3.63) is 21.7 Å². The van der Waals surface area contributed by atoms with Crippen molar-refractivity contribution in [2.75, 3.05) is 6.54 Å². The Morgan fingerprint density at radius 2 is 2.50 bits per heavy atom. The summed E-state index contributed by atoms with van der Waals surface area (Å²) in [4.78, 5) is 11.5. The van der Waals surface area contributed by atoms with Crippen molar-refractivity contribution in [3.63, 3.8) is 0 Å². The molecule has 0 spiro atoms. The molecule has 0 saturated heterocycles. The van der Waals surface area contributed by atoms with Gasteiger partial charge in [0.15, 0.2) is 5.76 Å². The number of nitrogens with zero attached hydrogens (tertiary/aromatic N) is 1. The predicted octanol–water partition coefficient (Wildman–Crippen LogP) is 0.107. The summed E-state index contributed by atoms with van der Waals surface area (Å²) in [6.07, 6.45) is 0.796. The summed E-state index contributed by atoms with van der Waals surface area (Å²) in [7, 11) is 0. The summed E-state index contributed by atoms with van der Waals surface area (Å²) in [5.74, 6) is 0.813. The van der Waals surface area contributed by atoms with Crippen LogP contribution in [-0.2, 0) is 19.5 Å². The van der Waals surface area contributed by atoms with E-state index in [1.807, 2.05) is 6.92 Å². The molecule has 0 radical (unpaired) electrons. The number of aromatic nitrogens is 1. The minimum Gasteiger partial charge on any atom is -0.379 e. The Morgan fingerprint density at radius 3 is 3.17 bits per heavy atom. The molecule has 0 atom stereocenters. The molecule has 4 heteroatoms. The third-order valence-corrected chi connectivity index (χ3v) is 2.17. The molecule has 1 aliphatic rings. The van der Waals surface area contributed by atoms with Crippen LogP contribution in [-0.4, -0.2) is 11.3 Å². The van der Waals surface area contributed by atoms with Crippen LogP contribution in [0.15, 0.2) is 9.32 Å². The number of nitrogens with one attached hydrogen (secondary N) is 1. The average molecular weight is 168 g/mol. The van der Waals surface area contributed by atoms with Crippen LogP contribution < -0.4 is 10.9 Å². The highest BCUT2D eigenvalue weighted by molar-refractivity contribution is 5.17. The zero-order valence-electron chi connectivity index (χ0n) is 7.09. The molecule has 4 nitrogen and oxygen atoms in total. The maximum Gasteiger partial charge on any atom is 0.285 e. The van der Waals surface area contributed by atoms with E-state index in [-0.39, 0.29) is 5.56 Å². The SMILES string of the molecule is CCn1oc2c(c1=O)CCNC2. The molecule has 0 aliphatic carbocycles. The van der Waals surface area contributed by atoms with Crippen molar-refractivity contribution in [1.82, 2.24) is 10.1 Å². The third kappa shape index (κ3) is 0.992. The van der Waals surface area contributed by atoms with E-state index in [0.717, 1.165) is 24.3 Å². The molecule has 1 aliphatic heterocycles. The zero-order chi connectivity index (χ0) is 8.55. The van der Waals surface area contributed by atoms with Crippen LogP contribution in [0.25, 0.3) is 0 Å². The monoisotopic (exact) mass is 168 g/mol. The van der Waals surface area contributed by atoms with Crippen LogP contribution in [0.3, 0.4) is 0 Å². The molecule has 0 amide bonds. The lowest BCUT2D eigenvalue weighted by Crippen LogP contribution is -2.26. The molecule has 0 unspecified atom stereocenters. The summed E-state index contributed by atoms with van der Waals surface area (Å²) >= 11 is 0. The van der Waals surface area contributed by atoms with E-state index in [1.165, 1.54) is 4.74 Å². The minimum atomic E-state index is 0.0500. The topological polar surface area (TPSA) is 47.2 Å². The quantitative estimate of drug-likeness (QED) is 0.647. The molecular formula is C8H12N2O2. The molecule has 0 fully saturated rings. The fourth-order valence-electron chi connectivity index (χ4n) is 1.51. The van der Waals surface area contributed by atoms with Crippen molar-refractivity contribution in [3.8, 4) is 0 Å². The van der Waals surface area contributed by atoms with Gasteiger partial charge in [-0.2, -0.15) is 4.74 Å². The lowest BCUT2D eigenvalue weighted by Gasteiger charge is -2.07. The van der Waals surface area contributed by atoms with E-state index >= 15 is 0 Å². The van der Waals surface area contributed by atoms with Gasteiger partial charge >= 0.3 is 0 Å². The van der Waals surface area contributed by atoms with Crippen LogP contribution in [0, 0.1) is 0 Å². The Bertz CT molecular complexity index is 337. The second-order valence-corrected chi connectivity index (χ2v) is 2.92. The molecule has 12 heavy (non-hydrogen) atoms. The normalized spacial score (nSPS) is 16.1. The van der Waals surface area contributed by atoms with Gasteiger partial charge in [0, 0.05) is 0 Å². The first-order chi connectivity index (χ1) is 5.83. The van der Waals surface area contributed by atoms with E-state index < -0.39 is 0 Å². The molecule has 1 aromatic heterocycles. The van der Waals surface area contributed by atoms with Gasteiger partial charge in [-0.3, -0.25) is 4.79 Å². The fourth-order valence-corrected chi connectivity index (χ4v) is 1.51. The molecule has 0 bridgehead atoms. The molecule has 66 valence electrons. The second kappa shape index (κ2) is 2.79. The van der Waals surface area contributed by atoms with Crippen LogP contribution in [0.4, 0.5) is 0 Å². The molecule has 2 rings (SSSR count). The minimum absolute atomic E-state index is 0.0500. The van der Waals surface area contributed by atoms with E-state index in [9.17, 15) is 4.79 Å². The van der Waals surface area contributed by atoms with E-state index in [0.29, 0.717) is 13.1 Å². The Kier molecular flexibility index (Phi) is 1.77. The van der Waals surface area contributed by atoms with Crippen molar-refractivity contribution in [1.29, 1.82) is 0 Å². The van der Waals surface area contributed by atoms with Crippen LogP contribution in [0.5, 0.6) is 0 Å². The summed E-state index contributed by atoms with van der Waals surface area (Å²) in [6, 6.07) is 0. The smallest absolute Gasteiger partial charge is 0.285 e. The Morgan fingerprint density at radius 1 is 1.67 bits per heavy atom. The number of rotatable bonds is 1. The molecule has 0 saturated carbocycles. The summed E-state index contributed by atoms with van der Waals surface area (Å²) in [5.41, 5.74) is 0.907. The van der Waals surface area contributed by atoms with Gasteiger partial charge in [-0.25, -0.2) is 0 Å². The second-order valence-electron chi connectivity index (χ2n) is 2.92. The van der Waals surface area contributed by atoms with Gasteiger partial charge in [-0.1, -0.05) is 0 Å². The highest BCUT2D eigenvalue weighted by Crippen LogP contribution is 2.09. The van der Waals surface area contributed by atoms with Gasteiger partial charge in [-0.05, 0) is 19.9 Å². The van der Waals surface area contributed by atoms with Crippen molar-refractivity contribution >= 4 is 0 Å². The van der Waals surface area contributed by atoms with E-state index in [2.05, 4.69) is 5.32 Å². The van der Waals surface area contributed by atoms with Gasteiger partial charge in [0.1, 0.15) is 0 Å². The summed E-state index contributed by atoms with van der Waals surface area (Å²) < 4.78 is 6.74. The Balaban J connectivity index is 2.52. The van der Waals surface area contributed by atoms with Crippen molar-refractivity contribution in [2.45, 2.75) is 26.4 Å². The molecule has 2 heterocycles. The highest BCUT2D eigenvalue weighted by atomic mass is 16.5. The number of fused-ring (bicyclic) bond motifs is 1. The summed E-state index contributed by atoms with van der Waals surface area (Å²) in [5, 5.41) is 3.16. The van der Waals surface area contributed by atoms with Gasteiger partial charge in [-0.15, -0.1) is 0 Å². The Hall–Kier alpha value is -1.03. The van der Waals surface area contributed by atoms with Gasteiger partial charge in [0.2, 0.25) is 0 Å². The fraction of sp³-hybridized carbons (Fsp3) is 0.625. The molecule has 0 aromatic carbocycles. The lowest BCUT2D eigenvalue weighted by atomic mass is 10.1. The average Bonchev–Trinajstić information content (AvgIpc) is 2.44. The van der Waals surface area contributed by atoms with Gasteiger partial charge in [0.05, 0.1) is 18.7 Å². The van der Waals surface area contributed by atoms with E-state index in [1.54, 1.807) is 0 Å². The predicted molar refractivity (Wildman–Crippen MR) is 44.1 cm³/mol. The maximum atomic E-state index is 11.5. The first-order valence-corrected chi connectivity index (χ1v) is 4.25. The maximum absolute atomic E-state index is 11.5. The molecular weight excluding hydrogens is 156 g/mol. The first kappa shape index (κ1) is 7.61. The van der Waals surface area contributed by atoms with Crippen LogP contribution in [0.2, 0.25) is 0 Å². The van der Waals surface area contributed by atoms with Crippen LogP contribution >= 0.6 is 0 Å². The first-order valence-electron chi connectivity index (χ1n) is 4.25. The largest absolute Gasteiger partial charge is 0.379 e. The van der Waals surface area contributed by atoms with Crippen molar-refractivity contribution < 1.29 is 4.52 Å². The highest BCUT2D eigenvalue weighted by Gasteiger charge is 2.18. The lowest BCUT2D eigenvalue weighted by molar-refractivity contribution is 0.245. The molecule has 1 N–H and O–H groups in total. The Labute approximate surface area is 70.1 Å². The third-order valence-electron chi connectivity index (χ3n) is 2.17. The standard InChI is InChI=1S/C8H12N2O2/c1-2-10-8(11)6-3-4-9-5-7(6)12-10/h9H,2-5H2,1H3.